The standard InChI is InChI=1S/C17H18FNO2/c1-17(2)8-13-16(14(20)9-17)12(7-15(21)19-13)10-3-5-11(18)6-4-10/h3-6,12H,7-9H2,1-2H3,(H,19,21)/t12-/m1/s1. The average Bonchev–Trinajstić information content (AvgIpc) is 2.36. The van der Waals surface area contributed by atoms with Gasteiger partial charge in [-0.25, -0.2) is 4.39 Å². The van der Waals surface area contributed by atoms with Crippen molar-refractivity contribution in [1.82, 2.24) is 5.32 Å². The number of halogens is 1. The van der Waals surface area contributed by atoms with Gasteiger partial charge >= 0.3 is 0 Å². The van der Waals surface area contributed by atoms with Gasteiger partial charge in [0.1, 0.15) is 5.82 Å². The number of hydrogen-bond donors (Lipinski definition) is 1. The van der Waals surface area contributed by atoms with Gasteiger partial charge in [-0.1, -0.05) is 26.0 Å². The van der Waals surface area contributed by atoms with E-state index in [0.717, 1.165) is 11.3 Å². The van der Waals surface area contributed by atoms with Crippen LogP contribution >= 0.6 is 0 Å². The van der Waals surface area contributed by atoms with Crippen LogP contribution in [0.25, 0.3) is 0 Å². The fraction of sp³-hybridized carbons (Fsp3) is 0.412. The Labute approximate surface area is 123 Å². The van der Waals surface area contributed by atoms with Gasteiger partial charge in [0.2, 0.25) is 5.91 Å². The maximum Gasteiger partial charge on any atom is 0.225 e. The van der Waals surface area contributed by atoms with Gasteiger partial charge < -0.3 is 5.32 Å². The molecule has 0 bridgehead atoms. The van der Waals surface area contributed by atoms with Gasteiger partial charge in [0.15, 0.2) is 5.78 Å². The van der Waals surface area contributed by atoms with Gasteiger partial charge in [-0.05, 0) is 29.5 Å². The van der Waals surface area contributed by atoms with E-state index in [4.69, 9.17) is 0 Å². The number of benzene rings is 1. The van der Waals surface area contributed by atoms with Crippen LogP contribution in [0.5, 0.6) is 0 Å². The zero-order chi connectivity index (χ0) is 15.2. The maximum atomic E-state index is 13.1. The van der Waals surface area contributed by atoms with Crippen LogP contribution in [0.3, 0.4) is 0 Å². The molecule has 2 aliphatic rings. The van der Waals surface area contributed by atoms with Crippen LogP contribution in [0.2, 0.25) is 0 Å². The Morgan fingerprint density at radius 3 is 2.48 bits per heavy atom. The van der Waals surface area contributed by atoms with Crippen molar-refractivity contribution in [3.8, 4) is 0 Å². The number of nitrogens with one attached hydrogen (secondary N) is 1. The Morgan fingerprint density at radius 1 is 1.14 bits per heavy atom. The van der Waals surface area contributed by atoms with E-state index in [9.17, 15) is 14.0 Å². The molecule has 1 aliphatic heterocycles. The largest absolute Gasteiger partial charge is 0.329 e. The lowest BCUT2D eigenvalue weighted by molar-refractivity contribution is -0.122. The molecule has 110 valence electrons. The molecule has 1 heterocycles. The van der Waals surface area contributed by atoms with Crippen molar-refractivity contribution in [2.75, 3.05) is 0 Å². The predicted octanol–water partition coefficient (Wildman–Crippen LogP) is 3.07. The van der Waals surface area contributed by atoms with Crippen molar-refractivity contribution in [3.05, 3.63) is 46.9 Å². The fourth-order valence-corrected chi connectivity index (χ4v) is 3.34. The lowest BCUT2D eigenvalue weighted by Crippen LogP contribution is -2.40. The lowest BCUT2D eigenvalue weighted by Gasteiger charge is -2.37. The summed E-state index contributed by atoms with van der Waals surface area (Å²) in [6, 6.07) is 6.07. The highest BCUT2D eigenvalue weighted by molar-refractivity contribution is 6.02. The Morgan fingerprint density at radius 2 is 1.81 bits per heavy atom. The first-order valence-electron chi connectivity index (χ1n) is 7.17. The molecule has 1 N–H and O–H groups in total. The molecule has 1 aromatic rings. The fourth-order valence-electron chi connectivity index (χ4n) is 3.34. The summed E-state index contributed by atoms with van der Waals surface area (Å²) in [4.78, 5) is 24.5. The van der Waals surface area contributed by atoms with Crippen molar-refractivity contribution in [1.29, 1.82) is 0 Å². The number of carbonyl (C=O) groups excluding carboxylic acids is 2. The first kappa shape index (κ1) is 14.0. The number of hydrogen-bond acceptors (Lipinski definition) is 2. The molecule has 0 aromatic heterocycles. The monoisotopic (exact) mass is 287 g/mol. The Kier molecular flexibility index (Phi) is 3.19. The SMILES string of the molecule is CC1(C)CC(=O)C2=C(C1)NC(=O)C[C@@H]2c1ccc(F)cc1. The molecule has 0 saturated heterocycles. The summed E-state index contributed by atoms with van der Waals surface area (Å²) in [6.07, 6.45) is 1.42. The highest BCUT2D eigenvalue weighted by atomic mass is 19.1. The van der Waals surface area contributed by atoms with Gasteiger partial charge in [-0.2, -0.15) is 0 Å². The summed E-state index contributed by atoms with van der Waals surface area (Å²) < 4.78 is 13.1. The second kappa shape index (κ2) is 4.79. The van der Waals surface area contributed by atoms with Crippen molar-refractivity contribution in [2.45, 2.75) is 39.0 Å². The first-order valence-corrected chi connectivity index (χ1v) is 7.17. The van der Waals surface area contributed by atoms with Gasteiger partial charge in [-0.15, -0.1) is 0 Å². The number of ketones is 1. The van der Waals surface area contributed by atoms with Gasteiger partial charge in [0, 0.05) is 30.0 Å². The molecule has 1 atom stereocenters. The summed E-state index contributed by atoms with van der Waals surface area (Å²) in [6.45, 7) is 4.06. The van der Waals surface area contributed by atoms with E-state index in [-0.39, 0.29) is 35.3 Å². The van der Waals surface area contributed by atoms with Crippen molar-refractivity contribution < 1.29 is 14.0 Å². The van der Waals surface area contributed by atoms with E-state index in [1.54, 1.807) is 12.1 Å². The second-order valence-corrected chi connectivity index (χ2v) is 6.69. The molecular formula is C17H18FNO2. The normalized spacial score (nSPS) is 24.6. The topological polar surface area (TPSA) is 46.2 Å². The molecule has 1 amide bonds. The highest BCUT2D eigenvalue weighted by Gasteiger charge is 2.40. The van der Waals surface area contributed by atoms with Crippen molar-refractivity contribution in [3.63, 3.8) is 0 Å². The number of Topliss-reactive ketones (excluding diaryl/α,β-unsaturated/α-hetero) is 1. The van der Waals surface area contributed by atoms with Crippen LogP contribution in [0, 0.1) is 11.2 Å². The Hall–Kier alpha value is -1.97. The minimum atomic E-state index is -0.315. The molecule has 1 aliphatic carbocycles. The number of rotatable bonds is 1. The lowest BCUT2D eigenvalue weighted by atomic mass is 9.70. The number of allylic oxidation sites excluding steroid dienone is 2. The summed E-state index contributed by atoms with van der Waals surface area (Å²) in [5, 5.41) is 2.86. The third kappa shape index (κ3) is 2.62. The Bertz CT molecular complexity index is 643. The molecule has 0 radical (unpaired) electrons. The van der Waals surface area contributed by atoms with Crippen molar-refractivity contribution in [2.24, 2.45) is 5.41 Å². The molecular weight excluding hydrogens is 269 g/mol. The molecule has 0 fully saturated rings. The smallest absolute Gasteiger partial charge is 0.225 e. The zero-order valence-electron chi connectivity index (χ0n) is 12.2. The second-order valence-electron chi connectivity index (χ2n) is 6.69. The number of carbonyl (C=O) groups is 2. The number of amides is 1. The van der Waals surface area contributed by atoms with Gasteiger partial charge in [-0.3, -0.25) is 9.59 Å². The average molecular weight is 287 g/mol. The third-order valence-electron chi connectivity index (χ3n) is 4.22. The maximum absolute atomic E-state index is 13.1. The van der Waals surface area contributed by atoms with E-state index in [1.807, 2.05) is 13.8 Å². The summed E-state index contributed by atoms with van der Waals surface area (Å²) in [5.74, 6) is -0.550. The van der Waals surface area contributed by atoms with Gasteiger partial charge in [0.05, 0.1) is 0 Å². The summed E-state index contributed by atoms with van der Waals surface area (Å²) in [5.41, 5.74) is 2.16. The zero-order valence-corrected chi connectivity index (χ0v) is 12.2. The van der Waals surface area contributed by atoms with Crippen LogP contribution in [-0.4, -0.2) is 11.7 Å². The van der Waals surface area contributed by atoms with E-state index in [1.165, 1.54) is 12.1 Å². The molecule has 4 heteroatoms. The third-order valence-corrected chi connectivity index (χ3v) is 4.22. The molecule has 3 rings (SSSR count). The summed E-state index contributed by atoms with van der Waals surface area (Å²) in [7, 11) is 0. The van der Waals surface area contributed by atoms with Crippen LogP contribution in [0.15, 0.2) is 35.5 Å². The molecule has 0 spiro atoms. The first-order chi connectivity index (χ1) is 9.85. The van der Waals surface area contributed by atoms with Crippen LogP contribution < -0.4 is 5.32 Å². The van der Waals surface area contributed by atoms with Crippen LogP contribution in [0.4, 0.5) is 4.39 Å². The van der Waals surface area contributed by atoms with Crippen LogP contribution in [-0.2, 0) is 9.59 Å². The minimum Gasteiger partial charge on any atom is -0.329 e. The minimum absolute atomic E-state index is 0.0754. The molecule has 0 saturated carbocycles. The van der Waals surface area contributed by atoms with E-state index in [2.05, 4.69) is 5.32 Å². The van der Waals surface area contributed by atoms with Crippen LogP contribution in [0.1, 0.15) is 44.6 Å². The molecule has 21 heavy (non-hydrogen) atoms. The molecule has 0 unspecified atom stereocenters. The van der Waals surface area contributed by atoms with Crippen molar-refractivity contribution >= 4 is 11.7 Å². The predicted molar refractivity (Wildman–Crippen MR) is 76.9 cm³/mol. The van der Waals surface area contributed by atoms with Gasteiger partial charge in [0.25, 0.3) is 0 Å². The van der Waals surface area contributed by atoms with E-state index >= 15 is 0 Å². The molecule has 3 nitrogen and oxygen atoms in total. The molecule has 1 aromatic carbocycles. The summed E-state index contributed by atoms with van der Waals surface area (Å²) >= 11 is 0. The van der Waals surface area contributed by atoms with E-state index in [0.29, 0.717) is 18.4 Å². The highest BCUT2D eigenvalue weighted by Crippen LogP contribution is 2.43. The van der Waals surface area contributed by atoms with E-state index < -0.39 is 0 Å². The quantitative estimate of drug-likeness (QED) is 0.863. The Balaban J connectivity index is 2.06.